The highest BCUT2D eigenvalue weighted by Crippen LogP contribution is 2.16. The molecule has 0 bridgehead atoms. The fourth-order valence-electron chi connectivity index (χ4n) is 1.42. The molecule has 0 aliphatic rings. The van der Waals surface area contributed by atoms with Crippen LogP contribution >= 0.6 is 0 Å². The summed E-state index contributed by atoms with van der Waals surface area (Å²) >= 11 is 0. The van der Waals surface area contributed by atoms with Gasteiger partial charge in [-0.25, -0.2) is 0 Å². The van der Waals surface area contributed by atoms with Gasteiger partial charge in [-0.3, -0.25) is 10.6 Å². The number of aryl methyl sites for hydroxylation is 1. The molecule has 1 heterocycles. The van der Waals surface area contributed by atoms with E-state index in [1.54, 1.807) is 37.3 Å². The van der Waals surface area contributed by atoms with Crippen molar-refractivity contribution in [1.82, 2.24) is 5.16 Å². The van der Waals surface area contributed by atoms with Gasteiger partial charge in [-0.15, -0.1) is 0 Å². The average Bonchev–Trinajstić information content (AvgIpc) is 2.74. The monoisotopic (exact) mass is 232 g/mol. The molecule has 1 aromatic carbocycles. The molecule has 2 rings (SSSR count). The summed E-state index contributed by atoms with van der Waals surface area (Å²) in [6.07, 6.45) is 0. The minimum Gasteiger partial charge on any atom is -0.360 e. The molecule has 1 aromatic heterocycles. The summed E-state index contributed by atoms with van der Waals surface area (Å²) in [6.45, 7) is 1.75. The Labute approximate surface area is 97.8 Å². The number of anilines is 2. The van der Waals surface area contributed by atoms with Crippen molar-refractivity contribution < 1.29 is 9.32 Å². The first-order valence-corrected chi connectivity index (χ1v) is 5.01. The molecule has 0 saturated carbocycles. The van der Waals surface area contributed by atoms with Gasteiger partial charge in [-0.2, -0.15) is 0 Å². The number of carbonyl (C=O) groups excluding carboxylic acids is 1. The van der Waals surface area contributed by atoms with Crippen molar-refractivity contribution in [3.8, 4) is 0 Å². The fraction of sp³-hybridized carbons (Fsp3) is 0.0909. The highest BCUT2D eigenvalue weighted by molar-refractivity contribution is 6.07. The van der Waals surface area contributed by atoms with Crippen LogP contribution in [0.15, 0.2) is 34.9 Å². The second kappa shape index (κ2) is 4.67. The summed E-state index contributed by atoms with van der Waals surface area (Å²) in [6, 6.07) is 8.55. The topological polar surface area (TPSA) is 93.2 Å². The molecule has 88 valence electrons. The van der Waals surface area contributed by atoms with E-state index in [9.17, 15) is 4.79 Å². The lowest BCUT2D eigenvalue weighted by Crippen LogP contribution is -2.17. The maximum atomic E-state index is 11.9. The summed E-state index contributed by atoms with van der Waals surface area (Å²) in [5.74, 6) is 6.03. The molecule has 0 fully saturated rings. The van der Waals surface area contributed by atoms with Crippen molar-refractivity contribution in [1.29, 1.82) is 0 Å². The number of nitrogen functional groups attached to an aromatic ring is 1. The van der Waals surface area contributed by atoms with E-state index in [1.807, 2.05) is 0 Å². The van der Waals surface area contributed by atoms with Gasteiger partial charge in [0.2, 0.25) is 0 Å². The predicted molar refractivity (Wildman–Crippen MR) is 63.4 cm³/mol. The Morgan fingerprint density at radius 1 is 1.41 bits per heavy atom. The van der Waals surface area contributed by atoms with E-state index < -0.39 is 0 Å². The molecule has 1 amide bonds. The van der Waals surface area contributed by atoms with Crippen LogP contribution in [-0.2, 0) is 0 Å². The molecule has 6 heteroatoms. The molecule has 17 heavy (non-hydrogen) atoms. The zero-order valence-electron chi connectivity index (χ0n) is 9.23. The van der Waals surface area contributed by atoms with Crippen molar-refractivity contribution in [2.24, 2.45) is 5.84 Å². The van der Waals surface area contributed by atoms with Gasteiger partial charge in [0.05, 0.1) is 11.3 Å². The van der Waals surface area contributed by atoms with Gasteiger partial charge in [-0.1, -0.05) is 17.3 Å². The van der Waals surface area contributed by atoms with E-state index in [2.05, 4.69) is 15.9 Å². The highest BCUT2D eigenvalue weighted by atomic mass is 16.5. The Hall–Kier alpha value is -2.34. The number of nitrogens with one attached hydrogen (secondary N) is 2. The van der Waals surface area contributed by atoms with Crippen molar-refractivity contribution >= 4 is 17.4 Å². The van der Waals surface area contributed by atoms with Crippen LogP contribution in [-0.4, -0.2) is 11.1 Å². The predicted octanol–water partition coefficient (Wildman–Crippen LogP) is 1.52. The minimum atomic E-state index is -0.299. The first-order chi connectivity index (χ1) is 8.20. The number of hydrazine groups is 1. The molecule has 0 aliphatic heterocycles. The molecule has 4 N–H and O–H groups in total. The van der Waals surface area contributed by atoms with Crippen molar-refractivity contribution in [3.05, 3.63) is 41.7 Å². The van der Waals surface area contributed by atoms with E-state index in [0.717, 1.165) is 0 Å². The number of hydrogen-bond donors (Lipinski definition) is 3. The van der Waals surface area contributed by atoms with Gasteiger partial charge < -0.3 is 15.3 Å². The zero-order valence-corrected chi connectivity index (χ0v) is 9.23. The number of benzene rings is 1. The quantitative estimate of drug-likeness (QED) is 0.551. The van der Waals surface area contributed by atoms with Gasteiger partial charge in [-0.05, 0) is 19.1 Å². The Balaban J connectivity index is 2.20. The molecule has 2 aromatic rings. The summed E-state index contributed by atoms with van der Waals surface area (Å²) in [4.78, 5) is 11.9. The molecular weight excluding hydrogens is 220 g/mol. The lowest BCUT2D eigenvalue weighted by molar-refractivity contribution is 0.102. The number of para-hydroxylation sites is 1. The number of nitrogens with zero attached hydrogens (tertiary/aromatic N) is 1. The third kappa shape index (κ3) is 2.43. The Bertz CT molecular complexity index is 536. The van der Waals surface area contributed by atoms with Crippen LogP contribution < -0.4 is 16.6 Å². The van der Waals surface area contributed by atoms with Gasteiger partial charge >= 0.3 is 0 Å². The summed E-state index contributed by atoms with van der Waals surface area (Å²) < 4.78 is 4.85. The average molecular weight is 232 g/mol. The molecule has 0 spiro atoms. The maximum Gasteiger partial charge on any atom is 0.259 e. The van der Waals surface area contributed by atoms with Crippen LogP contribution in [0.4, 0.5) is 11.5 Å². The summed E-state index contributed by atoms with van der Waals surface area (Å²) in [7, 11) is 0. The second-order valence-electron chi connectivity index (χ2n) is 3.47. The van der Waals surface area contributed by atoms with E-state index in [1.165, 1.54) is 0 Å². The number of hydrogen-bond acceptors (Lipinski definition) is 5. The number of amides is 1. The fourth-order valence-corrected chi connectivity index (χ4v) is 1.42. The third-order valence-corrected chi connectivity index (χ3v) is 2.20. The van der Waals surface area contributed by atoms with Crippen LogP contribution in [0.2, 0.25) is 0 Å². The molecule has 0 saturated heterocycles. The Morgan fingerprint density at radius 3 is 2.82 bits per heavy atom. The third-order valence-electron chi connectivity index (χ3n) is 2.20. The zero-order chi connectivity index (χ0) is 12.3. The normalized spacial score (nSPS) is 10.0. The first kappa shape index (κ1) is 11.2. The molecule has 0 unspecified atom stereocenters. The standard InChI is InChI=1S/C11H12N4O2/c1-7-6-10(15-17-7)13-11(16)8-4-2-3-5-9(8)14-12/h2-6,14H,12H2,1H3,(H,13,15,16). The van der Waals surface area contributed by atoms with Crippen LogP contribution in [0.5, 0.6) is 0 Å². The number of nitrogens with two attached hydrogens (primary N) is 1. The lowest BCUT2D eigenvalue weighted by Gasteiger charge is -2.07. The number of aromatic nitrogens is 1. The van der Waals surface area contributed by atoms with E-state index in [4.69, 9.17) is 10.4 Å². The van der Waals surface area contributed by atoms with Gasteiger partial charge in [0.15, 0.2) is 5.82 Å². The van der Waals surface area contributed by atoms with Crippen molar-refractivity contribution in [3.63, 3.8) is 0 Å². The molecule has 6 nitrogen and oxygen atoms in total. The van der Waals surface area contributed by atoms with Gasteiger partial charge in [0.25, 0.3) is 5.91 Å². The van der Waals surface area contributed by atoms with Crippen LogP contribution in [0.25, 0.3) is 0 Å². The van der Waals surface area contributed by atoms with Gasteiger partial charge in [0, 0.05) is 6.07 Å². The molecule has 0 radical (unpaired) electrons. The van der Waals surface area contributed by atoms with Crippen LogP contribution in [0.3, 0.4) is 0 Å². The van der Waals surface area contributed by atoms with E-state index in [-0.39, 0.29) is 5.91 Å². The SMILES string of the molecule is Cc1cc(NC(=O)c2ccccc2NN)no1. The Morgan fingerprint density at radius 2 is 2.18 bits per heavy atom. The molecule has 0 aliphatic carbocycles. The number of carbonyl (C=O) groups is 1. The summed E-state index contributed by atoms with van der Waals surface area (Å²) in [5, 5.41) is 6.29. The lowest BCUT2D eigenvalue weighted by atomic mass is 10.1. The van der Waals surface area contributed by atoms with Crippen LogP contribution in [0.1, 0.15) is 16.1 Å². The van der Waals surface area contributed by atoms with Crippen molar-refractivity contribution in [2.75, 3.05) is 10.7 Å². The largest absolute Gasteiger partial charge is 0.360 e. The van der Waals surface area contributed by atoms with E-state index in [0.29, 0.717) is 22.8 Å². The minimum absolute atomic E-state index is 0.299. The first-order valence-electron chi connectivity index (χ1n) is 5.01. The van der Waals surface area contributed by atoms with Crippen molar-refractivity contribution in [2.45, 2.75) is 6.92 Å². The molecular formula is C11H12N4O2. The molecule has 0 atom stereocenters. The second-order valence-corrected chi connectivity index (χ2v) is 3.47. The highest BCUT2D eigenvalue weighted by Gasteiger charge is 2.12. The maximum absolute atomic E-state index is 11.9. The number of rotatable bonds is 3. The van der Waals surface area contributed by atoms with E-state index >= 15 is 0 Å². The Kier molecular flexibility index (Phi) is 3.06. The van der Waals surface area contributed by atoms with Gasteiger partial charge in [0.1, 0.15) is 5.76 Å². The van der Waals surface area contributed by atoms with Crippen LogP contribution in [0, 0.1) is 6.92 Å². The smallest absolute Gasteiger partial charge is 0.259 e. The summed E-state index contributed by atoms with van der Waals surface area (Å²) in [5.41, 5.74) is 3.45.